The van der Waals surface area contributed by atoms with Gasteiger partial charge in [-0.25, -0.2) is 8.78 Å². The Hall–Kier alpha value is -4.68. The molecule has 1 amide bonds. The summed E-state index contributed by atoms with van der Waals surface area (Å²) in [6, 6.07) is 3.15. The van der Waals surface area contributed by atoms with E-state index in [-0.39, 0.29) is 105 Å². The van der Waals surface area contributed by atoms with Crippen molar-refractivity contribution in [3.63, 3.8) is 0 Å². The summed E-state index contributed by atoms with van der Waals surface area (Å²) in [5, 5.41) is 17.6. The van der Waals surface area contributed by atoms with Crippen molar-refractivity contribution in [2.75, 3.05) is 27.4 Å². The van der Waals surface area contributed by atoms with Gasteiger partial charge in [0.05, 0.1) is 40.3 Å². The number of carbonyl (C=O) groups is 4. The van der Waals surface area contributed by atoms with Gasteiger partial charge < -0.3 is 34.1 Å². The van der Waals surface area contributed by atoms with Gasteiger partial charge in [0.25, 0.3) is 0 Å². The van der Waals surface area contributed by atoms with Crippen molar-refractivity contribution in [2.45, 2.75) is 51.6 Å². The monoisotopic (exact) mass is 603 g/mol. The van der Waals surface area contributed by atoms with Crippen LogP contribution in [0.3, 0.4) is 0 Å². The van der Waals surface area contributed by atoms with Crippen molar-refractivity contribution in [3.05, 3.63) is 51.6 Å². The molecule has 1 aliphatic carbocycles. The highest BCUT2D eigenvalue weighted by atomic mass is 19.1. The molecule has 2 aromatic carbocycles. The molecule has 0 fully saturated rings. The van der Waals surface area contributed by atoms with E-state index in [1.807, 2.05) is 0 Å². The number of allylic oxidation sites excluding steroid dienone is 1. The van der Waals surface area contributed by atoms with E-state index in [0.717, 1.165) is 0 Å². The minimum atomic E-state index is -1.10. The second kappa shape index (κ2) is 13.5. The smallest absolute Gasteiger partial charge is 0.303 e. The normalized spacial score (nSPS) is 13.2. The summed E-state index contributed by atoms with van der Waals surface area (Å²) in [5.41, 5.74) is 1.79. The van der Waals surface area contributed by atoms with Crippen molar-refractivity contribution < 1.29 is 57.1 Å². The highest BCUT2D eigenvalue weighted by Gasteiger charge is 2.30. The number of ether oxygens (including phenoxy) is 4. The van der Waals surface area contributed by atoms with E-state index >= 15 is 8.78 Å². The maximum absolute atomic E-state index is 15.4. The van der Waals surface area contributed by atoms with Crippen LogP contribution >= 0.6 is 0 Å². The van der Waals surface area contributed by atoms with E-state index in [4.69, 9.17) is 29.2 Å². The van der Waals surface area contributed by atoms with Gasteiger partial charge in [-0.1, -0.05) is 0 Å². The van der Waals surface area contributed by atoms with Crippen LogP contribution in [0.4, 0.5) is 8.78 Å². The van der Waals surface area contributed by atoms with Crippen LogP contribution in [0.5, 0.6) is 23.0 Å². The lowest BCUT2D eigenvalue weighted by Crippen LogP contribution is -2.25. The van der Waals surface area contributed by atoms with Crippen molar-refractivity contribution in [2.24, 2.45) is 0 Å². The largest absolute Gasteiger partial charge is 0.493 e. The lowest BCUT2D eigenvalue weighted by atomic mass is 10.0. The van der Waals surface area contributed by atoms with Crippen molar-refractivity contribution in [3.8, 4) is 23.0 Å². The Morgan fingerprint density at radius 1 is 0.814 bits per heavy atom. The summed E-state index contributed by atoms with van der Waals surface area (Å²) in [5.74, 6) is -4.42. The van der Waals surface area contributed by atoms with Crippen LogP contribution in [0, 0.1) is 11.6 Å². The third-order valence-corrected chi connectivity index (χ3v) is 7.15. The number of hydrogen-bond donors (Lipinski definition) is 2. The Kier molecular flexibility index (Phi) is 9.84. The standard InChI is InChI=1S/C30H31F2NO10/c1-40-22-12-16-10-17(21(34)4-6-25(36)37)11-19(16)27(31)29(22)42-8-3-9-43-30-23(41-2)13-18-14-33(15-20(18)28(30)32)24(35)5-7-26(38)39/h11-13H,3-10,14-15H2,1-2H3,(H,36,37)(H,38,39). The SMILES string of the molecule is COc1cc2c(c(F)c1OCCCOc1c(OC)cc3c(c1F)CN(C(=O)CCC(=O)O)C3)C=C(C(=O)CCC(=O)O)C2. The molecule has 0 saturated carbocycles. The number of amides is 1. The average molecular weight is 604 g/mol. The van der Waals surface area contributed by atoms with Gasteiger partial charge in [0, 0.05) is 55.5 Å². The molecular weight excluding hydrogens is 572 g/mol. The molecule has 0 radical (unpaired) electrons. The van der Waals surface area contributed by atoms with Crippen LogP contribution in [0.25, 0.3) is 6.08 Å². The van der Waals surface area contributed by atoms with E-state index in [0.29, 0.717) is 16.7 Å². The maximum Gasteiger partial charge on any atom is 0.303 e. The Bertz CT molecular complexity index is 1490. The number of ketones is 1. The first kappa shape index (κ1) is 31.3. The van der Waals surface area contributed by atoms with Crippen LogP contribution in [0.2, 0.25) is 0 Å². The third-order valence-electron chi connectivity index (χ3n) is 7.15. The fourth-order valence-electron chi connectivity index (χ4n) is 4.96. The maximum atomic E-state index is 15.4. The Morgan fingerprint density at radius 2 is 1.40 bits per heavy atom. The number of Topliss-reactive ketones (excluding diaryl/α,β-unsaturated/α-hetero) is 1. The molecule has 4 rings (SSSR count). The summed E-state index contributed by atoms with van der Waals surface area (Å²) >= 11 is 0. The van der Waals surface area contributed by atoms with Gasteiger partial charge in [0.2, 0.25) is 5.91 Å². The summed E-state index contributed by atoms with van der Waals surface area (Å²) in [4.78, 5) is 47.6. The number of methoxy groups -OCH3 is 2. The summed E-state index contributed by atoms with van der Waals surface area (Å²) < 4.78 is 52.7. The van der Waals surface area contributed by atoms with Crippen LogP contribution < -0.4 is 18.9 Å². The summed E-state index contributed by atoms with van der Waals surface area (Å²) in [7, 11) is 2.70. The molecule has 0 spiro atoms. The third kappa shape index (κ3) is 7.04. The fourth-order valence-corrected chi connectivity index (χ4v) is 4.96. The van der Waals surface area contributed by atoms with Gasteiger partial charge in [0.15, 0.2) is 40.4 Å². The molecule has 2 aliphatic rings. The number of carbonyl (C=O) groups excluding carboxylic acids is 2. The summed E-state index contributed by atoms with van der Waals surface area (Å²) in [6.07, 6.45) is 0.753. The zero-order valence-electron chi connectivity index (χ0n) is 23.7. The molecule has 2 N–H and O–H groups in total. The number of aliphatic carboxylic acids is 2. The molecule has 13 heteroatoms. The molecule has 0 saturated heterocycles. The van der Waals surface area contributed by atoms with E-state index < -0.39 is 29.5 Å². The van der Waals surface area contributed by atoms with Gasteiger partial charge in [-0.2, -0.15) is 0 Å². The van der Waals surface area contributed by atoms with E-state index in [9.17, 15) is 19.2 Å². The molecule has 0 unspecified atom stereocenters. The lowest BCUT2D eigenvalue weighted by Gasteiger charge is -2.16. The second-order valence-corrected chi connectivity index (χ2v) is 10.0. The van der Waals surface area contributed by atoms with Gasteiger partial charge in [-0.3, -0.25) is 19.2 Å². The minimum absolute atomic E-state index is 0.0235. The van der Waals surface area contributed by atoms with Crippen molar-refractivity contribution >= 4 is 29.7 Å². The fraction of sp³-hybridized carbons (Fsp3) is 0.400. The first-order valence-electron chi connectivity index (χ1n) is 13.5. The molecule has 11 nitrogen and oxygen atoms in total. The Labute approximate surface area is 245 Å². The van der Waals surface area contributed by atoms with E-state index in [1.54, 1.807) is 12.1 Å². The van der Waals surface area contributed by atoms with Crippen molar-refractivity contribution in [1.29, 1.82) is 0 Å². The van der Waals surface area contributed by atoms with Gasteiger partial charge >= 0.3 is 11.9 Å². The quantitative estimate of drug-likeness (QED) is 0.287. The van der Waals surface area contributed by atoms with Gasteiger partial charge in [-0.15, -0.1) is 0 Å². The summed E-state index contributed by atoms with van der Waals surface area (Å²) in [6.45, 7) is 0.0452. The lowest BCUT2D eigenvalue weighted by molar-refractivity contribution is -0.141. The number of carboxylic acids is 2. The molecular formula is C30H31F2NO10. The minimum Gasteiger partial charge on any atom is -0.493 e. The first-order chi connectivity index (χ1) is 20.5. The molecule has 0 atom stereocenters. The van der Waals surface area contributed by atoms with Crippen LogP contribution in [0.1, 0.15) is 54.4 Å². The molecule has 230 valence electrons. The molecule has 0 bridgehead atoms. The van der Waals surface area contributed by atoms with E-state index in [2.05, 4.69) is 0 Å². The average Bonchev–Trinajstić information content (AvgIpc) is 3.61. The van der Waals surface area contributed by atoms with Crippen molar-refractivity contribution in [1.82, 2.24) is 4.90 Å². The number of rotatable bonds is 15. The number of carboxylic acid groups (broad SMARTS) is 2. The number of halogens is 2. The molecule has 2 aromatic rings. The Morgan fingerprint density at radius 3 is 2.00 bits per heavy atom. The Balaban J connectivity index is 1.38. The topological polar surface area (TPSA) is 149 Å². The van der Waals surface area contributed by atoms with Crippen LogP contribution in [-0.2, 0) is 38.7 Å². The highest BCUT2D eigenvalue weighted by molar-refractivity contribution is 6.03. The molecule has 43 heavy (non-hydrogen) atoms. The number of fused-ring (bicyclic) bond motifs is 2. The molecule has 1 heterocycles. The zero-order valence-corrected chi connectivity index (χ0v) is 23.7. The zero-order chi connectivity index (χ0) is 31.3. The number of nitrogens with zero attached hydrogens (tertiary/aromatic N) is 1. The van der Waals surface area contributed by atoms with Gasteiger partial charge in [-0.05, 0) is 29.3 Å². The predicted octanol–water partition coefficient (Wildman–Crippen LogP) is 3.91. The van der Waals surface area contributed by atoms with Crippen LogP contribution in [0.15, 0.2) is 17.7 Å². The number of hydrogen-bond acceptors (Lipinski definition) is 8. The first-order valence-corrected chi connectivity index (χ1v) is 13.5. The predicted molar refractivity (Wildman–Crippen MR) is 146 cm³/mol. The highest BCUT2D eigenvalue weighted by Crippen LogP contribution is 2.41. The second-order valence-electron chi connectivity index (χ2n) is 10.0. The van der Waals surface area contributed by atoms with Gasteiger partial charge in [0.1, 0.15) is 0 Å². The molecule has 0 aromatic heterocycles. The van der Waals surface area contributed by atoms with E-state index in [1.165, 1.54) is 25.2 Å². The number of benzene rings is 2. The molecule has 1 aliphatic heterocycles. The van der Waals surface area contributed by atoms with Crippen LogP contribution in [-0.4, -0.2) is 66.2 Å².